The van der Waals surface area contributed by atoms with Crippen LogP contribution in [0.1, 0.15) is 91.9 Å². The molecule has 4 aliphatic carbocycles. The highest BCUT2D eigenvalue weighted by Crippen LogP contribution is 2.76. The largest absolute Gasteiger partial charge is 0.391 e. The molecule has 4 aliphatic rings. The second kappa shape index (κ2) is 5.57. The topological polar surface area (TPSA) is 18.5 Å². The number of fused-ring (bicyclic) bond motifs is 4. The van der Waals surface area contributed by atoms with Crippen molar-refractivity contribution in [3.63, 3.8) is 0 Å². The Bertz CT molecular complexity index is 401. The molecular weight excluding hydrogens is 300 g/mol. The van der Waals surface area contributed by atoms with Gasteiger partial charge in [0.05, 0.1) is 0 Å². The average Bonchev–Trinajstić information content (AvgIpc) is 3.26. The van der Waals surface area contributed by atoms with Gasteiger partial charge in [-0.2, -0.15) is 0 Å². The maximum absolute atomic E-state index is 7.08. The Kier molecular flexibility index (Phi) is 4.02. The lowest BCUT2D eigenvalue weighted by Crippen LogP contribution is -2.62. The first-order valence-electron chi connectivity index (χ1n) is 10.3. The minimum Gasteiger partial charge on any atom is -0.391 e. The van der Waals surface area contributed by atoms with Gasteiger partial charge in [-0.1, -0.05) is 25.7 Å². The monoisotopic (exact) mass is 336 g/mol. The molecule has 0 aromatic carbocycles. The molecule has 4 rings (SSSR count). The van der Waals surface area contributed by atoms with Crippen molar-refractivity contribution >= 4 is 8.56 Å². The molecule has 4 bridgehead atoms. The maximum Gasteiger partial charge on any atom is 0.351 e. The summed E-state index contributed by atoms with van der Waals surface area (Å²) < 4.78 is 14.2. The van der Waals surface area contributed by atoms with Crippen LogP contribution in [0.2, 0.25) is 10.1 Å². The summed E-state index contributed by atoms with van der Waals surface area (Å²) in [5.74, 6) is 1.95. The first-order valence-corrected chi connectivity index (χ1v) is 12.1. The maximum atomic E-state index is 7.08. The Morgan fingerprint density at radius 2 is 1.04 bits per heavy atom. The highest BCUT2D eigenvalue weighted by molar-refractivity contribution is 6.74. The van der Waals surface area contributed by atoms with Crippen molar-refractivity contribution in [1.29, 1.82) is 0 Å². The summed E-state index contributed by atoms with van der Waals surface area (Å²) in [7, 11) is -2.27. The van der Waals surface area contributed by atoms with E-state index in [0.717, 1.165) is 11.8 Å². The summed E-state index contributed by atoms with van der Waals surface area (Å²) in [6.45, 7) is 9.01. The molecule has 0 unspecified atom stereocenters. The van der Waals surface area contributed by atoms with Gasteiger partial charge < -0.3 is 8.85 Å². The van der Waals surface area contributed by atoms with Gasteiger partial charge in [0, 0.05) is 22.3 Å². The van der Waals surface area contributed by atoms with Gasteiger partial charge in [0.25, 0.3) is 0 Å². The Morgan fingerprint density at radius 1 is 0.696 bits per heavy atom. The van der Waals surface area contributed by atoms with E-state index in [1.807, 2.05) is 0 Å². The summed E-state index contributed by atoms with van der Waals surface area (Å²) >= 11 is 0. The van der Waals surface area contributed by atoms with E-state index < -0.39 is 8.56 Å². The summed E-state index contributed by atoms with van der Waals surface area (Å²) in [4.78, 5) is 0. The minimum atomic E-state index is -2.27. The standard InChI is InChI=1S/C20H36O2Si/c1-15(2)21-23(22-16(3)4,19-9-5-17(13-19)6-10-19)20-11-7-18(14-20)8-12-20/h15-18H,5-14H2,1-4H3. The molecule has 132 valence electrons. The Balaban J connectivity index is 1.80. The predicted molar refractivity (Wildman–Crippen MR) is 96.7 cm³/mol. The SMILES string of the molecule is CC(C)O[Si](OC(C)C)(C12CCC(CC1)C2)C12CCC(CC1)C2. The molecule has 2 nitrogen and oxygen atoms in total. The van der Waals surface area contributed by atoms with Crippen molar-refractivity contribution in [2.24, 2.45) is 11.8 Å². The zero-order valence-electron chi connectivity index (χ0n) is 15.7. The van der Waals surface area contributed by atoms with Crippen LogP contribution in [-0.4, -0.2) is 20.8 Å². The van der Waals surface area contributed by atoms with Gasteiger partial charge in [-0.15, -0.1) is 0 Å². The lowest BCUT2D eigenvalue weighted by atomic mass is 9.99. The zero-order valence-corrected chi connectivity index (χ0v) is 16.7. The third-order valence-corrected chi connectivity index (χ3v) is 13.5. The van der Waals surface area contributed by atoms with E-state index in [1.165, 1.54) is 64.2 Å². The molecule has 0 radical (unpaired) electrons. The predicted octanol–water partition coefficient (Wildman–Crippen LogP) is 5.95. The van der Waals surface area contributed by atoms with E-state index in [-0.39, 0.29) is 0 Å². The molecule has 0 heterocycles. The molecule has 4 fully saturated rings. The summed E-state index contributed by atoms with van der Waals surface area (Å²) in [5, 5.41) is 0.872. The third kappa shape index (κ3) is 2.32. The van der Waals surface area contributed by atoms with Crippen LogP contribution < -0.4 is 0 Å². The summed E-state index contributed by atoms with van der Waals surface area (Å²) in [5.41, 5.74) is 0. The van der Waals surface area contributed by atoms with Gasteiger partial charge in [-0.25, -0.2) is 0 Å². The molecule has 0 aromatic rings. The molecule has 0 atom stereocenters. The van der Waals surface area contributed by atoms with Crippen LogP contribution in [0.5, 0.6) is 0 Å². The molecule has 0 spiro atoms. The van der Waals surface area contributed by atoms with Crippen molar-refractivity contribution in [2.75, 3.05) is 0 Å². The molecule has 3 heteroatoms. The highest BCUT2D eigenvalue weighted by atomic mass is 28.4. The highest BCUT2D eigenvalue weighted by Gasteiger charge is 2.74. The van der Waals surface area contributed by atoms with Gasteiger partial charge in [-0.3, -0.25) is 0 Å². The molecule has 0 amide bonds. The summed E-state index contributed by atoms with van der Waals surface area (Å²) in [6, 6.07) is 0. The van der Waals surface area contributed by atoms with Gasteiger partial charge in [0.15, 0.2) is 0 Å². The fraction of sp³-hybridized carbons (Fsp3) is 1.00. The van der Waals surface area contributed by atoms with Crippen LogP contribution in [0.25, 0.3) is 0 Å². The van der Waals surface area contributed by atoms with Gasteiger partial charge in [0.1, 0.15) is 0 Å². The normalized spacial score (nSPS) is 42.5. The van der Waals surface area contributed by atoms with Crippen molar-refractivity contribution in [3.05, 3.63) is 0 Å². The van der Waals surface area contributed by atoms with Crippen LogP contribution in [0.15, 0.2) is 0 Å². The number of rotatable bonds is 6. The first-order chi connectivity index (χ1) is 10.9. The van der Waals surface area contributed by atoms with Crippen molar-refractivity contribution < 1.29 is 8.85 Å². The first kappa shape index (κ1) is 16.6. The van der Waals surface area contributed by atoms with E-state index >= 15 is 0 Å². The second-order valence-corrected chi connectivity index (χ2v) is 13.6. The van der Waals surface area contributed by atoms with Crippen molar-refractivity contribution in [1.82, 2.24) is 0 Å². The summed E-state index contributed by atoms with van der Waals surface area (Å²) in [6.07, 6.45) is 14.8. The number of hydrogen-bond donors (Lipinski definition) is 0. The van der Waals surface area contributed by atoms with E-state index in [0.29, 0.717) is 22.3 Å². The van der Waals surface area contributed by atoms with Crippen LogP contribution in [-0.2, 0) is 8.85 Å². The molecule has 4 saturated carbocycles. The van der Waals surface area contributed by atoms with E-state index in [2.05, 4.69) is 27.7 Å². The fourth-order valence-electron chi connectivity index (χ4n) is 7.06. The number of hydrogen-bond acceptors (Lipinski definition) is 2. The molecule has 23 heavy (non-hydrogen) atoms. The van der Waals surface area contributed by atoms with Crippen LogP contribution in [0.4, 0.5) is 0 Å². The quantitative estimate of drug-likeness (QED) is 0.558. The Morgan fingerprint density at radius 3 is 1.26 bits per heavy atom. The second-order valence-electron chi connectivity index (χ2n) is 9.81. The molecule has 0 aromatic heterocycles. The Hall–Kier alpha value is 0.137. The smallest absolute Gasteiger partial charge is 0.351 e. The van der Waals surface area contributed by atoms with Crippen molar-refractivity contribution in [2.45, 2.75) is 114 Å². The van der Waals surface area contributed by atoms with E-state index in [1.54, 1.807) is 0 Å². The van der Waals surface area contributed by atoms with Crippen LogP contribution >= 0.6 is 0 Å². The third-order valence-electron chi connectivity index (χ3n) is 7.68. The van der Waals surface area contributed by atoms with Crippen LogP contribution in [0, 0.1) is 11.8 Å². The molecular formula is C20H36O2Si. The fourth-order valence-corrected chi connectivity index (χ4v) is 13.6. The molecule has 0 aliphatic heterocycles. The molecule has 0 N–H and O–H groups in total. The van der Waals surface area contributed by atoms with E-state index in [9.17, 15) is 0 Å². The minimum absolute atomic E-state index is 0.309. The van der Waals surface area contributed by atoms with Crippen molar-refractivity contribution in [3.8, 4) is 0 Å². The van der Waals surface area contributed by atoms with Gasteiger partial charge in [-0.05, 0) is 78.1 Å². The zero-order chi connectivity index (χ0) is 16.3. The molecule has 0 saturated heterocycles. The average molecular weight is 337 g/mol. The van der Waals surface area contributed by atoms with Crippen LogP contribution in [0.3, 0.4) is 0 Å². The Labute approximate surface area is 144 Å². The van der Waals surface area contributed by atoms with Gasteiger partial charge >= 0.3 is 8.56 Å². The van der Waals surface area contributed by atoms with Gasteiger partial charge in [0.2, 0.25) is 0 Å². The van der Waals surface area contributed by atoms with E-state index in [4.69, 9.17) is 8.85 Å². The lowest BCUT2D eigenvalue weighted by Gasteiger charge is -2.55. The lowest BCUT2D eigenvalue weighted by molar-refractivity contribution is 0.0587.